The van der Waals surface area contributed by atoms with E-state index in [4.69, 9.17) is 5.10 Å². The van der Waals surface area contributed by atoms with Gasteiger partial charge in [0.15, 0.2) is 0 Å². The molecule has 6 heteroatoms. The monoisotopic (exact) mass is 511 g/mol. The van der Waals surface area contributed by atoms with Crippen molar-refractivity contribution >= 4 is 56.1 Å². The van der Waals surface area contributed by atoms with E-state index in [0.717, 1.165) is 32.6 Å². The molecule has 0 amide bonds. The number of halogens is 2. The maximum absolute atomic E-state index is 4.71. The number of rotatable bonds is 4. The van der Waals surface area contributed by atoms with Gasteiger partial charge in [0.05, 0.1) is 11.9 Å². The Bertz CT molecular complexity index is 943. The second-order valence-corrected chi connectivity index (χ2v) is 7.88. The molecule has 0 bridgehead atoms. The van der Waals surface area contributed by atoms with Crippen LogP contribution in [0, 0.1) is 3.57 Å². The van der Waals surface area contributed by atoms with Gasteiger partial charge in [0, 0.05) is 31.1 Å². The van der Waals surface area contributed by atoms with Crippen molar-refractivity contribution < 1.29 is 0 Å². The minimum atomic E-state index is 0.733. The molecule has 122 valence electrons. The van der Waals surface area contributed by atoms with Gasteiger partial charge < -0.3 is 0 Å². The number of benzene rings is 2. The van der Waals surface area contributed by atoms with Crippen molar-refractivity contribution in [2.75, 3.05) is 6.54 Å². The summed E-state index contributed by atoms with van der Waals surface area (Å²) < 4.78 is 4.14. The van der Waals surface area contributed by atoms with Crippen molar-refractivity contribution in [2.24, 2.45) is 10.1 Å². The van der Waals surface area contributed by atoms with Crippen LogP contribution in [0.1, 0.15) is 12.5 Å². The Morgan fingerprint density at radius 3 is 2.79 bits per heavy atom. The number of aromatic nitrogens is 1. The van der Waals surface area contributed by atoms with Crippen LogP contribution in [0.4, 0.5) is 0 Å². The van der Waals surface area contributed by atoms with Crippen LogP contribution in [0.15, 0.2) is 68.5 Å². The molecule has 2 aromatic carbocycles. The van der Waals surface area contributed by atoms with Gasteiger partial charge in [-0.25, -0.2) is 4.68 Å². The fourth-order valence-electron chi connectivity index (χ4n) is 2.20. The van der Waals surface area contributed by atoms with E-state index < -0.39 is 0 Å². The van der Waals surface area contributed by atoms with Gasteiger partial charge in [0.25, 0.3) is 0 Å². The minimum absolute atomic E-state index is 0.733. The Morgan fingerprint density at radius 1 is 1.21 bits per heavy atom. The van der Waals surface area contributed by atoms with Gasteiger partial charge >= 0.3 is 0 Å². The third-order valence-corrected chi connectivity index (χ3v) is 5.65. The van der Waals surface area contributed by atoms with Crippen molar-refractivity contribution in [3.05, 3.63) is 72.3 Å². The van der Waals surface area contributed by atoms with Crippen LogP contribution >= 0.6 is 49.9 Å². The van der Waals surface area contributed by atoms with E-state index in [0.29, 0.717) is 0 Å². The van der Waals surface area contributed by atoms with E-state index in [1.165, 1.54) is 3.57 Å². The molecule has 1 aromatic heterocycles. The van der Waals surface area contributed by atoms with E-state index in [1.807, 2.05) is 42.1 Å². The zero-order valence-electron chi connectivity index (χ0n) is 13.0. The van der Waals surface area contributed by atoms with Gasteiger partial charge in [-0.05, 0) is 47.7 Å². The van der Waals surface area contributed by atoms with Gasteiger partial charge in [-0.1, -0.05) is 46.3 Å². The van der Waals surface area contributed by atoms with E-state index in [9.17, 15) is 0 Å². The van der Waals surface area contributed by atoms with Gasteiger partial charge in [-0.3, -0.25) is 4.99 Å². The highest BCUT2D eigenvalue weighted by Crippen LogP contribution is 2.23. The normalized spacial score (nSPS) is 12.2. The first-order valence-corrected chi connectivity index (χ1v) is 10.2. The Balaban J connectivity index is 2.10. The first-order valence-electron chi connectivity index (χ1n) is 7.45. The third kappa shape index (κ3) is 4.04. The summed E-state index contributed by atoms with van der Waals surface area (Å²) in [6.07, 6.45) is 1.89. The summed E-state index contributed by atoms with van der Waals surface area (Å²) in [6, 6.07) is 16.4. The van der Waals surface area contributed by atoms with Gasteiger partial charge in [0.2, 0.25) is 4.80 Å². The SMILES string of the molecule is CCN=c1scc(-c2cccc(Br)c2)n1/N=C\c1ccccc1I. The molecular formula is C18H15BrIN3S. The maximum Gasteiger partial charge on any atom is 0.206 e. The van der Waals surface area contributed by atoms with Crippen LogP contribution < -0.4 is 4.80 Å². The summed E-state index contributed by atoms with van der Waals surface area (Å²) in [4.78, 5) is 5.46. The molecule has 24 heavy (non-hydrogen) atoms. The second kappa shape index (κ2) is 8.22. The molecule has 0 saturated heterocycles. The first-order chi connectivity index (χ1) is 11.7. The van der Waals surface area contributed by atoms with Crippen LogP contribution in [-0.4, -0.2) is 17.4 Å². The standard InChI is InChI=1S/C18H15BrIN3S/c1-2-21-18-23(22-11-14-6-3-4-9-16(14)20)17(12-24-18)13-7-5-8-15(19)10-13/h3-12H,2H2,1H3/b21-18?,22-11-. The molecule has 0 fully saturated rings. The lowest BCUT2D eigenvalue weighted by molar-refractivity contribution is 0.833. The lowest BCUT2D eigenvalue weighted by atomic mass is 10.2. The summed E-state index contributed by atoms with van der Waals surface area (Å²) in [6.45, 7) is 2.77. The molecule has 0 radical (unpaired) electrons. The van der Waals surface area contributed by atoms with Gasteiger partial charge in [0.1, 0.15) is 0 Å². The predicted octanol–water partition coefficient (Wildman–Crippen LogP) is 5.39. The molecular weight excluding hydrogens is 497 g/mol. The molecule has 3 rings (SSSR count). The van der Waals surface area contributed by atoms with Crippen LogP contribution in [0.2, 0.25) is 0 Å². The molecule has 0 aliphatic rings. The summed E-state index contributed by atoms with van der Waals surface area (Å²) in [5, 5.41) is 6.81. The summed E-state index contributed by atoms with van der Waals surface area (Å²) in [5.41, 5.74) is 3.24. The van der Waals surface area contributed by atoms with E-state index in [2.05, 4.69) is 73.2 Å². The average Bonchev–Trinajstić information content (AvgIpc) is 2.97. The van der Waals surface area contributed by atoms with Gasteiger partial charge in [-0.15, -0.1) is 11.3 Å². The fourth-order valence-corrected chi connectivity index (χ4v) is 4.03. The largest absolute Gasteiger partial charge is 0.258 e. The topological polar surface area (TPSA) is 29.6 Å². The van der Waals surface area contributed by atoms with Crippen molar-refractivity contribution in [2.45, 2.75) is 6.92 Å². The molecule has 3 nitrogen and oxygen atoms in total. The molecule has 0 spiro atoms. The van der Waals surface area contributed by atoms with Crippen molar-refractivity contribution in [1.29, 1.82) is 0 Å². The highest BCUT2D eigenvalue weighted by atomic mass is 127. The van der Waals surface area contributed by atoms with E-state index in [1.54, 1.807) is 11.3 Å². The zero-order chi connectivity index (χ0) is 16.9. The first kappa shape index (κ1) is 17.6. The third-order valence-electron chi connectivity index (χ3n) is 3.32. The smallest absolute Gasteiger partial charge is 0.206 e. The zero-order valence-corrected chi connectivity index (χ0v) is 17.5. The maximum atomic E-state index is 4.71. The Kier molecular flexibility index (Phi) is 6.02. The predicted molar refractivity (Wildman–Crippen MR) is 114 cm³/mol. The summed E-state index contributed by atoms with van der Waals surface area (Å²) >= 11 is 7.47. The van der Waals surface area contributed by atoms with Gasteiger partial charge in [-0.2, -0.15) is 5.10 Å². The molecule has 0 unspecified atom stereocenters. The fraction of sp³-hybridized carbons (Fsp3) is 0.111. The van der Waals surface area contributed by atoms with Crippen molar-refractivity contribution in [3.63, 3.8) is 0 Å². The molecule has 0 aliphatic carbocycles. The Morgan fingerprint density at radius 2 is 2.04 bits per heavy atom. The van der Waals surface area contributed by atoms with Crippen LogP contribution in [0.5, 0.6) is 0 Å². The van der Waals surface area contributed by atoms with Crippen LogP contribution in [-0.2, 0) is 0 Å². The molecule has 3 aromatic rings. The molecule has 0 saturated carbocycles. The molecule has 0 aliphatic heterocycles. The van der Waals surface area contributed by atoms with Crippen molar-refractivity contribution in [1.82, 2.24) is 4.68 Å². The summed E-state index contributed by atoms with van der Waals surface area (Å²) in [5.74, 6) is 0. The van der Waals surface area contributed by atoms with E-state index in [-0.39, 0.29) is 0 Å². The van der Waals surface area contributed by atoms with E-state index >= 15 is 0 Å². The van der Waals surface area contributed by atoms with Crippen molar-refractivity contribution in [3.8, 4) is 11.3 Å². The highest BCUT2D eigenvalue weighted by molar-refractivity contribution is 14.1. The Hall–Kier alpha value is -1.25. The number of nitrogens with zero attached hydrogens (tertiary/aromatic N) is 3. The minimum Gasteiger partial charge on any atom is -0.258 e. The quantitative estimate of drug-likeness (QED) is 0.332. The number of hydrogen-bond donors (Lipinski definition) is 0. The van der Waals surface area contributed by atoms with Crippen LogP contribution in [0.25, 0.3) is 11.3 Å². The molecule has 1 heterocycles. The second-order valence-electron chi connectivity index (χ2n) is 4.97. The summed E-state index contributed by atoms with van der Waals surface area (Å²) in [7, 11) is 0. The molecule has 0 N–H and O–H groups in total. The number of hydrogen-bond acceptors (Lipinski definition) is 3. The lowest BCUT2D eigenvalue weighted by Gasteiger charge is -2.04. The lowest BCUT2D eigenvalue weighted by Crippen LogP contribution is -2.12. The average molecular weight is 512 g/mol. The van der Waals surface area contributed by atoms with Crippen LogP contribution in [0.3, 0.4) is 0 Å². The Labute approximate surface area is 167 Å². The number of thiazole rings is 1. The highest BCUT2D eigenvalue weighted by Gasteiger charge is 2.07. The molecule has 0 atom stereocenters.